The van der Waals surface area contributed by atoms with Crippen molar-refractivity contribution in [1.29, 1.82) is 0 Å². The van der Waals surface area contributed by atoms with Crippen molar-refractivity contribution in [2.45, 2.75) is 0 Å². The van der Waals surface area contributed by atoms with Crippen LogP contribution in [-0.4, -0.2) is 0 Å². The third-order valence-corrected chi connectivity index (χ3v) is 12.6. The van der Waals surface area contributed by atoms with Crippen molar-refractivity contribution in [3.8, 4) is 141 Å². The first kappa shape index (κ1) is 40.4. The lowest BCUT2D eigenvalue weighted by Crippen LogP contribution is -1.95. The lowest BCUT2D eigenvalue weighted by atomic mass is 9.83. The summed E-state index contributed by atoms with van der Waals surface area (Å²) >= 11 is 0. The van der Waals surface area contributed by atoms with E-state index in [0.29, 0.717) is 33.4 Å². The van der Waals surface area contributed by atoms with Crippen LogP contribution in [0.1, 0.15) is 33.4 Å². The molecule has 0 aliphatic heterocycles. The maximum absolute atomic E-state index is 6.17. The molecule has 300 valence electrons. The summed E-state index contributed by atoms with van der Waals surface area (Å²) in [5.41, 5.74) is 16.3. The second kappa shape index (κ2) is 16.9. The number of terminal acetylenes is 6. The minimum atomic E-state index is 0.661. The van der Waals surface area contributed by atoms with Crippen molar-refractivity contribution in [3.63, 3.8) is 0 Å². The van der Waals surface area contributed by atoms with Crippen molar-refractivity contribution in [2.24, 2.45) is 0 Å². The molecule has 0 bridgehead atoms. The van der Waals surface area contributed by atoms with Crippen LogP contribution in [0.5, 0.6) is 0 Å². The SMILES string of the molecule is C#Cc1ccc(-c2c3ccccc3c(-c3ccc(-c4cccc(-c5cc(-c6cccc(C#C)c6C#C)ccc5-c5cccc(C#C)c5C#C)c4)c4ccccc34)c3ccccc23)cc1C#C. The molecule has 0 saturated heterocycles. The quantitative estimate of drug-likeness (QED) is 0.116. The van der Waals surface area contributed by atoms with Gasteiger partial charge in [0.05, 0.1) is 0 Å². The summed E-state index contributed by atoms with van der Waals surface area (Å²) < 4.78 is 0. The van der Waals surface area contributed by atoms with Crippen molar-refractivity contribution in [3.05, 3.63) is 215 Å². The van der Waals surface area contributed by atoms with E-state index in [0.717, 1.165) is 93.5 Å². The summed E-state index contributed by atoms with van der Waals surface area (Å²) in [4.78, 5) is 0. The Morgan fingerprint density at radius 3 is 1.27 bits per heavy atom. The zero-order chi connectivity index (χ0) is 45.3. The molecule has 10 aromatic rings. The topological polar surface area (TPSA) is 0 Å². The first-order valence-corrected chi connectivity index (χ1v) is 21.4. The molecule has 66 heavy (non-hydrogen) atoms. The van der Waals surface area contributed by atoms with Crippen LogP contribution >= 0.6 is 0 Å². The van der Waals surface area contributed by atoms with E-state index in [1.54, 1.807) is 0 Å². The van der Waals surface area contributed by atoms with E-state index < -0.39 is 0 Å². The van der Waals surface area contributed by atoms with Gasteiger partial charge in [0.15, 0.2) is 0 Å². The van der Waals surface area contributed by atoms with Gasteiger partial charge in [-0.2, -0.15) is 0 Å². The first-order valence-electron chi connectivity index (χ1n) is 21.4. The molecular weight excluding hydrogens is 793 g/mol. The maximum atomic E-state index is 6.17. The van der Waals surface area contributed by atoms with Crippen LogP contribution < -0.4 is 0 Å². The van der Waals surface area contributed by atoms with Gasteiger partial charge < -0.3 is 0 Å². The predicted octanol–water partition coefficient (Wildman–Crippen LogP) is 15.0. The molecule has 0 heterocycles. The van der Waals surface area contributed by atoms with Gasteiger partial charge in [0.2, 0.25) is 0 Å². The fourth-order valence-corrected chi connectivity index (χ4v) is 9.60. The summed E-state index contributed by atoms with van der Waals surface area (Å²) in [6, 6.07) is 63.2. The van der Waals surface area contributed by atoms with Gasteiger partial charge in [-0.1, -0.05) is 181 Å². The minimum absolute atomic E-state index is 0.661. The van der Waals surface area contributed by atoms with Gasteiger partial charge in [0, 0.05) is 33.4 Å². The van der Waals surface area contributed by atoms with Gasteiger partial charge in [-0.3, -0.25) is 0 Å². The van der Waals surface area contributed by atoms with Crippen molar-refractivity contribution in [2.75, 3.05) is 0 Å². The molecule has 0 unspecified atom stereocenters. The monoisotopic (exact) mass is 828 g/mol. The van der Waals surface area contributed by atoms with Crippen LogP contribution in [0.3, 0.4) is 0 Å². The van der Waals surface area contributed by atoms with Gasteiger partial charge in [0.1, 0.15) is 0 Å². The molecule has 0 aromatic heterocycles. The van der Waals surface area contributed by atoms with Gasteiger partial charge in [0.25, 0.3) is 0 Å². The Kier molecular flexibility index (Phi) is 10.3. The van der Waals surface area contributed by atoms with Gasteiger partial charge in [-0.05, 0) is 135 Å². The lowest BCUT2D eigenvalue weighted by Gasteiger charge is -2.20. The number of hydrogen-bond donors (Lipinski definition) is 0. The Hall–Kier alpha value is -9.66. The van der Waals surface area contributed by atoms with E-state index >= 15 is 0 Å². The van der Waals surface area contributed by atoms with Crippen molar-refractivity contribution >= 4 is 32.3 Å². The van der Waals surface area contributed by atoms with Crippen LogP contribution in [0.4, 0.5) is 0 Å². The van der Waals surface area contributed by atoms with Crippen molar-refractivity contribution < 1.29 is 0 Å². The number of hydrogen-bond acceptors (Lipinski definition) is 0. The molecule has 0 radical (unpaired) electrons. The second-order valence-electron chi connectivity index (χ2n) is 16.0. The zero-order valence-electron chi connectivity index (χ0n) is 35.8. The molecule has 10 rings (SSSR count). The van der Waals surface area contributed by atoms with Crippen LogP contribution in [-0.2, 0) is 0 Å². The van der Waals surface area contributed by atoms with Gasteiger partial charge in [-0.15, -0.1) is 38.5 Å². The molecule has 0 N–H and O–H groups in total. The minimum Gasteiger partial charge on any atom is -0.115 e. The average molecular weight is 829 g/mol. The summed E-state index contributed by atoms with van der Waals surface area (Å²) in [7, 11) is 0. The molecule has 0 aliphatic carbocycles. The first-order chi connectivity index (χ1) is 32.5. The lowest BCUT2D eigenvalue weighted by molar-refractivity contribution is 1.51. The molecule has 0 fully saturated rings. The Balaban J connectivity index is 1.18. The van der Waals surface area contributed by atoms with Crippen molar-refractivity contribution in [1.82, 2.24) is 0 Å². The van der Waals surface area contributed by atoms with E-state index in [-0.39, 0.29) is 0 Å². The number of fused-ring (bicyclic) bond motifs is 3. The highest BCUT2D eigenvalue weighted by atomic mass is 14.2. The third-order valence-electron chi connectivity index (χ3n) is 12.6. The summed E-state index contributed by atoms with van der Waals surface area (Å²) in [6.45, 7) is 0. The molecule has 10 aromatic carbocycles. The molecule has 0 saturated carbocycles. The number of rotatable bonds is 6. The Morgan fingerprint density at radius 1 is 0.227 bits per heavy atom. The van der Waals surface area contributed by atoms with E-state index in [1.807, 2.05) is 48.5 Å². The van der Waals surface area contributed by atoms with Gasteiger partial charge >= 0.3 is 0 Å². The zero-order valence-corrected chi connectivity index (χ0v) is 35.8. The summed E-state index contributed by atoms with van der Waals surface area (Å²) in [6.07, 6.45) is 35.9. The largest absolute Gasteiger partial charge is 0.115 e. The van der Waals surface area contributed by atoms with E-state index in [1.165, 1.54) is 5.56 Å². The Morgan fingerprint density at radius 2 is 0.682 bits per heavy atom. The summed E-state index contributed by atoms with van der Waals surface area (Å²) in [5.74, 6) is 16.8. The van der Waals surface area contributed by atoms with Crippen LogP contribution in [0, 0.1) is 74.1 Å². The molecule has 0 aliphatic rings. The molecule has 0 nitrogen and oxygen atoms in total. The predicted molar refractivity (Wildman–Crippen MR) is 279 cm³/mol. The fraction of sp³-hybridized carbons (Fsp3) is 0. The van der Waals surface area contributed by atoms with Crippen LogP contribution in [0.2, 0.25) is 0 Å². The standard InChI is InChI=1S/C66H36/c1-7-43-34-35-50(40-46(43)10-4)65-59-28-15-17-30-61(59)66(62-31-18-16-29-60(62)65)63-39-38-54(56-26-13-14-27-57(56)63)47-24-19-25-48(41-47)64-42-49(53-32-20-22-44(8-2)51(53)11-5)36-37-58(64)55-33-21-23-45(9-3)52(55)12-6/h1-6,13-42H. The molecule has 0 amide bonds. The maximum Gasteiger partial charge on any atom is 0.0477 e. The van der Waals surface area contributed by atoms with E-state index in [9.17, 15) is 0 Å². The van der Waals surface area contributed by atoms with Gasteiger partial charge in [-0.25, -0.2) is 0 Å². The summed E-state index contributed by atoms with van der Waals surface area (Å²) in [5, 5.41) is 6.80. The normalized spacial score (nSPS) is 10.6. The number of benzene rings is 10. The Labute approximate surface area is 386 Å². The molecule has 0 spiro atoms. The highest BCUT2D eigenvalue weighted by molar-refractivity contribution is 6.24. The van der Waals surface area contributed by atoms with Crippen LogP contribution in [0.25, 0.3) is 99.1 Å². The highest BCUT2D eigenvalue weighted by Crippen LogP contribution is 2.47. The average Bonchev–Trinajstić information content (AvgIpc) is 3.39. The third kappa shape index (κ3) is 6.66. The van der Waals surface area contributed by atoms with Crippen LogP contribution in [0.15, 0.2) is 182 Å². The second-order valence-corrected chi connectivity index (χ2v) is 16.0. The van der Waals surface area contributed by atoms with E-state index in [4.69, 9.17) is 38.5 Å². The smallest absolute Gasteiger partial charge is 0.0477 e. The Bertz CT molecular complexity index is 3880. The fourth-order valence-electron chi connectivity index (χ4n) is 9.60. The molecule has 0 heteroatoms. The van der Waals surface area contributed by atoms with E-state index in [2.05, 4.69) is 169 Å². The highest BCUT2D eigenvalue weighted by Gasteiger charge is 2.21. The molecular formula is C66H36. The molecule has 0 atom stereocenters.